The molecule has 45 heteroatoms. The molecule has 0 unspecified atom stereocenters. The SMILES string of the molecule is CN[C@H](CC(C)C)C(=O)N[C@H]1C(=O)N[C@@H](CC(N)=O)C(=O)N[C@H]2C(=O)N[C@H]3C(=O)N[C@H](C(=O)N[C@@H](C(=O)NOCC(N)=O)c4cc(O)cc(O)c4-c4cc3ccc4O)[C@H](O)c3ccc(c(Cl)c3)Oc3cc2cc(c3O[C@@H]2O[C@H](CO)[C@@H](O)[C@H](O)[C@H]2O[C@H]2C[C@](C)(NCCn3ccc(NC(=O)Cc4ccc(F)c(Cl)c4)nc3=O)[C@H](O)[C@H](C)O2)Oc2ccc(cc2Cl)[C@H]1O. The summed E-state index contributed by atoms with van der Waals surface area (Å²) >= 11 is 20.2. The summed E-state index contributed by atoms with van der Waals surface area (Å²) in [5.41, 5.74) is 8.02. The summed E-state index contributed by atoms with van der Waals surface area (Å²) in [5, 5.41) is 129. The first-order chi connectivity index (χ1) is 60.2. The van der Waals surface area contributed by atoms with Crippen molar-refractivity contribution in [2.75, 3.05) is 32.1 Å². The third-order valence-corrected chi connectivity index (χ3v) is 22.4. The average molecular weight is 1830 g/mol. The molecule has 23 N–H and O–H groups in total. The molecule has 6 aromatic carbocycles. The predicted molar refractivity (Wildman–Crippen MR) is 441 cm³/mol. The van der Waals surface area contributed by atoms with Crippen LogP contribution in [0.5, 0.6) is 46.0 Å². The van der Waals surface area contributed by atoms with Crippen molar-refractivity contribution in [3.05, 3.63) is 174 Å². The minimum atomic E-state index is -2.43. The number of phenolic OH excluding ortho intramolecular Hbond substituents is 3. The predicted octanol–water partition coefficient (Wildman–Crippen LogP) is 0.416. The van der Waals surface area contributed by atoms with Crippen LogP contribution >= 0.6 is 34.8 Å². The van der Waals surface area contributed by atoms with E-state index < -0.39 is 283 Å². The maximum absolute atomic E-state index is 16.3. The van der Waals surface area contributed by atoms with Gasteiger partial charge in [-0.1, -0.05) is 72.9 Å². The summed E-state index contributed by atoms with van der Waals surface area (Å²) in [6.07, 6.45) is -18.8. The van der Waals surface area contributed by atoms with E-state index >= 15 is 24.0 Å². The third kappa shape index (κ3) is 21.7. The van der Waals surface area contributed by atoms with Gasteiger partial charge in [0.25, 0.3) is 5.91 Å². The summed E-state index contributed by atoms with van der Waals surface area (Å²) in [6.45, 7) is 4.48. The number of nitrogens with two attached hydrogens (primary N) is 2. The lowest BCUT2D eigenvalue weighted by molar-refractivity contribution is -0.334. The fraction of sp³-hybridized carbons (Fsp3) is 0.390. The highest BCUT2D eigenvalue weighted by atomic mass is 35.5. The molecule has 678 valence electrons. The Morgan fingerprint density at radius 1 is 0.709 bits per heavy atom. The number of carbonyl (C=O) groups is 10. The second-order valence-corrected chi connectivity index (χ2v) is 32.4. The zero-order chi connectivity index (χ0) is 92.1. The van der Waals surface area contributed by atoms with Crippen molar-refractivity contribution in [1.29, 1.82) is 0 Å². The normalized spacial score (nSPS) is 25.7. The molecule has 0 spiro atoms. The zero-order valence-corrected chi connectivity index (χ0v) is 70.1. The number of halogens is 4. The summed E-state index contributed by atoms with van der Waals surface area (Å²) in [5.74, 6) is -18.8. The molecular formula is C82H90Cl3FN14O27. The van der Waals surface area contributed by atoms with Gasteiger partial charge >= 0.3 is 5.69 Å². The van der Waals surface area contributed by atoms with Gasteiger partial charge in [-0.25, -0.2) is 14.7 Å². The minimum Gasteiger partial charge on any atom is -0.508 e. The number of rotatable bonds is 23. The highest BCUT2D eigenvalue weighted by molar-refractivity contribution is 6.32. The summed E-state index contributed by atoms with van der Waals surface area (Å²) in [7, 11) is 1.46. The van der Waals surface area contributed by atoms with Crippen LogP contribution in [0.1, 0.15) is 111 Å². The molecule has 127 heavy (non-hydrogen) atoms. The number of fused-ring (bicyclic) bond motifs is 15. The molecule has 14 rings (SSSR count). The topological polar surface area (TPSA) is 625 Å². The van der Waals surface area contributed by atoms with Crippen molar-refractivity contribution < 1.29 is 132 Å². The van der Waals surface area contributed by atoms with E-state index in [1.165, 1.54) is 49.0 Å². The van der Waals surface area contributed by atoms with Gasteiger partial charge in [-0.2, -0.15) is 4.98 Å². The van der Waals surface area contributed by atoms with Crippen molar-refractivity contribution in [3.8, 4) is 57.1 Å². The minimum absolute atomic E-state index is 0.0699. The molecule has 8 heterocycles. The molecule has 10 amide bonds. The Bertz CT molecular complexity index is 5490. The largest absolute Gasteiger partial charge is 0.508 e. The van der Waals surface area contributed by atoms with E-state index in [1.807, 2.05) is 5.48 Å². The molecule has 18 atom stereocenters. The lowest BCUT2D eigenvalue weighted by Crippen LogP contribution is -2.65. The Labute approximate surface area is 735 Å². The van der Waals surface area contributed by atoms with Gasteiger partial charge in [0.2, 0.25) is 65.2 Å². The number of hydrogen-bond donors (Lipinski definition) is 21. The number of ether oxygens (including phenoxy) is 6. The van der Waals surface area contributed by atoms with Crippen LogP contribution in [-0.4, -0.2) is 220 Å². The number of primary amides is 2. The van der Waals surface area contributed by atoms with Crippen LogP contribution in [0.2, 0.25) is 15.1 Å². The number of aliphatic hydroxyl groups excluding tert-OH is 6. The van der Waals surface area contributed by atoms with Crippen LogP contribution in [0.4, 0.5) is 10.2 Å². The average Bonchev–Trinajstić information content (AvgIpc) is 0.762. The number of aromatic nitrogens is 2. The van der Waals surface area contributed by atoms with Gasteiger partial charge in [0.1, 0.15) is 107 Å². The number of nitrogens with one attached hydrogen (secondary N) is 10. The first-order valence-corrected chi connectivity index (χ1v) is 40.5. The maximum atomic E-state index is 16.3. The standard InChI is InChI=1S/C82H90Cl3FN14O27/c1-32(2)18-46(89-5)73(113)97-64-66(108)36-8-12-50(43(84)22-36)123-52-24-38-25-53(70(52)127-80-71(69(111)68(110)54(30-101)125-80)126-59-29-82(4,72(112)33(3)122-59)90-15-17-100-16-14-57(93-81(100)120)92-58(107)20-34-6-10-45(86)42(83)19-34)124-51-13-9-37(23-44(51)85)67(109)65-78(118)96-63(79(119)99-121-31-56(88)106)41-26-39(102)27-49(104)60(41)40-21-35(7-11-48(40)103)61(75(115)98-65)95-76(116)62(38)94-74(114)47(28-55(87)105)91-77(64)117/h6-14,16,19,21-27,32-33,46-47,54,59,61-69,71-72,80,89-90,101-104,108-112H,15,17-18,20,28-31H2,1-5H3,(H2,87,105)(H2,88,106)(H,91,117)(H,94,114)(H,95,116)(H,96,118)(H,97,113)(H,98,115)(H,99,119)(H,92,93,107,120)/t33-,46+,47-,54+,59-,61+,62+,63+,64+,65-,66+,67+,68+,69-,71+,72+,80-,82-/m0/s1. The first-order valence-electron chi connectivity index (χ1n) is 39.4. The number of aromatic hydroxyl groups is 3. The smallest absolute Gasteiger partial charge is 0.349 e. The van der Waals surface area contributed by atoms with Crippen LogP contribution in [-0.2, 0) is 80.0 Å². The van der Waals surface area contributed by atoms with E-state index in [1.54, 1.807) is 20.8 Å². The molecule has 2 saturated heterocycles. The number of amides is 10. The molecule has 1 aromatic heterocycles. The van der Waals surface area contributed by atoms with Crippen molar-refractivity contribution in [3.63, 3.8) is 0 Å². The molecule has 0 radical (unpaired) electrons. The van der Waals surface area contributed by atoms with Crippen molar-refractivity contribution >= 4 is 99.7 Å². The summed E-state index contributed by atoms with van der Waals surface area (Å²) in [6, 6.07) is 3.76. The van der Waals surface area contributed by atoms with Gasteiger partial charge in [0, 0.05) is 48.4 Å². The Kier molecular flexibility index (Phi) is 29.6. The monoisotopic (exact) mass is 1830 g/mol. The lowest BCUT2D eigenvalue weighted by atomic mass is 9.85. The van der Waals surface area contributed by atoms with Crippen LogP contribution in [0.15, 0.2) is 114 Å². The van der Waals surface area contributed by atoms with Crippen molar-refractivity contribution in [2.24, 2.45) is 17.4 Å². The van der Waals surface area contributed by atoms with Gasteiger partial charge in [-0.05, 0) is 139 Å². The number of benzene rings is 6. The third-order valence-electron chi connectivity index (χ3n) is 21.5. The molecule has 11 bridgehead atoms. The first kappa shape index (κ1) is 94.2. The number of hydrogen-bond acceptors (Lipinski definition) is 30. The second-order valence-electron chi connectivity index (χ2n) is 31.2. The molecule has 7 aromatic rings. The summed E-state index contributed by atoms with van der Waals surface area (Å²) in [4.78, 5) is 167. The number of likely N-dealkylation sites (N-methyl/N-ethyl adjacent to an activating group) is 1. The van der Waals surface area contributed by atoms with Gasteiger partial charge in [-0.3, -0.25) is 57.4 Å². The number of nitrogens with zero attached hydrogens (tertiary/aromatic N) is 2. The highest BCUT2D eigenvalue weighted by Crippen LogP contribution is 2.50. The fourth-order valence-electron chi connectivity index (χ4n) is 15.0. The van der Waals surface area contributed by atoms with Crippen molar-refractivity contribution in [1.82, 2.24) is 57.6 Å². The van der Waals surface area contributed by atoms with Gasteiger partial charge in [-0.15, -0.1) is 0 Å². The molecule has 7 aliphatic heterocycles. The Morgan fingerprint density at radius 2 is 1.36 bits per heavy atom. The van der Waals surface area contributed by atoms with Crippen LogP contribution < -0.4 is 84.7 Å². The number of aliphatic hydroxyl groups is 6. The molecule has 7 aliphatic rings. The van der Waals surface area contributed by atoms with Crippen molar-refractivity contribution in [2.45, 2.75) is 169 Å². The van der Waals surface area contributed by atoms with E-state index in [0.29, 0.717) is 5.56 Å². The summed E-state index contributed by atoms with van der Waals surface area (Å²) < 4.78 is 54.3. The maximum Gasteiger partial charge on any atom is 0.349 e. The fourth-order valence-corrected chi connectivity index (χ4v) is 15.7. The second kappa shape index (κ2) is 39.9. The van der Waals surface area contributed by atoms with Gasteiger partial charge < -0.3 is 134 Å². The van der Waals surface area contributed by atoms with E-state index in [2.05, 4.69) is 52.8 Å². The lowest BCUT2D eigenvalue weighted by Gasteiger charge is -2.48. The molecule has 41 nitrogen and oxygen atoms in total. The van der Waals surface area contributed by atoms with E-state index in [0.717, 1.165) is 78.9 Å². The Morgan fingerprint density at radius 3 is 1.99 bits per heavy atom. The molecule has 0 aliphatic carbocycles. The Hall–Kier alpha value is -12.0. The molecule has 2 fully saturated rings. The van der Waals surface area contributed by atoms with E-state index in [4.69, 9.17) is 79.5 Å². The van der Waals surface area contributed by atoms with Gasteiger partial charge in [0.15, 0.2) is 30.5 Å². The number of hydroxylamine groups is 1. The highest BCUT2D eigenvalue weighted by Gasteiger charge is 2.52. The van der Waals surface area contributed by atoms with E-state index in [-0.39, 0.29) is 60.2 Å². The van der Waals surface area contributed by atoms with Crippen LogP contribution in [0, 0.1) is 11.7 Å². The molecular weight excluding hydrogens is 1740 g/mol. The quantitative estimate of drug-likeness (QED) is 0.0386. The number of anilines is 1. The number of phenols is 3. The van der Waals surface area contributed by atoms with Crippen LogP contribution in [0.25, 0.3) is 11.1 Å². The molecule has 0 saturated carbocycles. The van der Waals surface area contributed by atoms with E-state index in [9.17, 15) is 79.1 Å². The number of carbonyl (C=O) groups excluding carboxylic acids is 10. The van der Waals surface area contributed by atoms with Crippen LogP contribution in [0.3, 0.4) is 0 Å². The van der Waals surface area contributed by atoms with Gasteiger partial charge in [0.05, 0.1) is 52.8 Å². The zero-order valence-electron chi connectivity index (χ0n) is 67.9. The Balaban J connectivity index is 0.999.